The highest BCUT2D eigenvalue weighted by molar-refractivity contribution is 5.93. The van der Waals surface area contributed by atoms with Gasteiger partial charge in [0.25, 0.3) is 5.91 Å². The van der Waals surface area contributed by atoms with Gasteiger partial charge in [0.15, 0.2) is 0 Å². The van der Waals surface area contributed by atoms with E-state index in [0.29, 0.717) is 11.5 Å². The minimum Gasteiger partial charge on any atom is -0.344 e. The fourth-order valence-electron chi connectivity index (χ4n) is 3.91. The molecule has 0 bridgehead atoms. The Balaban J connectivity index is 1.51. The predicted octanol–water partition coefficient (Wildman–Crippen LogP) is 1.60. The molecular formula is C19H28N4O3. The van der Waals surface area contributed by atoms with Gasteiger partial charge in [0, 0.05) is 45.3 Å². The van der Waals surface area contributed by atoms with Gasteiger partial charge in [-0.25, -0.2) is 5.48 Å². The third-order valence-electron chi connectivity index (χ3n) is 5.58. The Morgan fingerprint density at radius 3 is 2.85 bits per heavy atom. The summed E-state index contributed by atoms with van der Waals surface area (Å²) in [6.45, 7) is 3.16. The number of hydrogen-bond acceptors (Lipinski definition) is 5. The van der Waals surface area contributed by atoms with E-state index in [1.807, 2.05) is 11.9 Å². The average molecular weight is 360 g/mol. The largest absolute Gasteiger partial charge is 0.344 e. The topological polar surface area (TPSA) is 85.8 Å². The van der Waals surface area contributed by atoms with Gasteiger partial charge in [-0.1, -0.05) is 19.3 Å². The first-order chi connectivity index (χ1) is 12.6. The Morgan fingerprint density at radius 1 is 1.35 bits per heavy atom. The van der Waals surface area contributed by atoms with Crippen LogP contribution in [0, 0.1) is 5.92 Å². The number of rotatable bonds is 5. The second-order valence-corrected chi connectivity index (χ2v) is 7.39. The Labute approximate surface area is 154 Å². The predicted molar refractivity (Wildman–Crippen MR) is 96.7 cm³/mol. The maximum atomic E-state index is 12.5. The van der Waals surface area contributed by atoms with Gasteiger partial charge in [-0.2, -0.15) is 0 Å². The molecule has 7 nitrogen and oxygen atoms in total. The first-order valence-electron chi connectivity index (χ1n) is 9.48. The molecule has 0 spiro atoms. The lowest BCUT2D eigenvalue weighted by molar-refractivity contribution is -0.135. The van der Waals surface area contributed by atoms with E-state index >= 15 is 0 Å². The number of likely N-dealkylation sites (N-methyl/N-ethyl adjacent to an activating group) is 1. The van der Waals surface area contributed by atoms with E-state index in [0.717, 1.165) is 56.7 Å². The minimum absolute atomic E-state index is 0.216. The van der Waals surface area contributed by atoms with Crippen LogP contribution in [0.15, 0.2) is 12.3 Å². The number of fused-ring (bicyclic) bond motifs is 1. The molecular weight excluding hydrogens is 332 g/mol. The van der Waals surface area contributed by atoms with E-state index in [1.54, 1.807) is 11.5 Å². The third kappa shape index (κ3) is 4.40. The first-order valence-corrected chi connectivity index (χ1v) is 9.48. The molecule has 0 atom stereocenters. The Hall–Kier alpha value is -1.99. The van der Waals surface area contributed by atoms with E-state index in [2.05, 4.69) is 9.88 Å². The Bertz CT molecular complexity index is 658. The van der Waals surface area contributed by atoms with Crippen LogP contribution < -0.4 is 5.48 Å². The molecule has 3 rings (SSSR count). The maximum Gasteiger partial charge on any atom is 0.276 e. The Kier molecular flexibility index (Phi) is 6.21. The Morgan fingerprint density at radius 2 is 2.12 bits per heavy atom. The van der Waals surface area contributed by atoms with Crippen molar-refractivity contribution in [3.05, 3.63) is 29.1 Å². The summed E-state index contributed by atoms with van der Waals surface area (Å²) in [5, 5.41) is 8.73. The summed E-state index contributed by atoms with van der Waals surface area (Å²) in [6.07, 6.45) is 7.99. The fourth-order valence-corrected chi connectivity index (χ4v) is 3.91. The molecule has 0 saturated heterocycles. The van der Waals surface area contributed by atoms with Crippen LogP contribution in [0.1, 0.15) is 53.7 Å². The summed E-state index contributed by atoms with van der Waals surface area (Å²) in [4.78, 5) is 32.6. The van der Waals surface area contributed by atoms with E-state index in [-0.39, 0.29) is 5.92 Å². The molecule has 2 N–H and O–H groups in total. The van der Waals surface area contributed by atoms with Crippen LogP contribution in [-0.2, 0) is 17.8 Å². The SMILES string of the molecule is CN(CCN1CCc2cc(C(=O)NO)cnc2C1)C(=O)C1CCCCC1. The quantitative estimate of drug-likeness (QED) is 0.615. The molecule has 2 heterocycles. The molecule has 1 aromatic rings. The number of nitrogens with one attached hydrogen (secondary N) is 1. The molecule has 1 aromatic heterocycles. The number of carbonyl (C=O) groups is 2. The van der Waals surface area contributed by atoms with Gasteiger partial charge >= 0.3 is 0 Å². The van der Waals surface area contributed by atoms with E-state index in [4.69, 9.17) is 5.21 Å². The summed E-state index contributed by atoms with van der Waals surface area (Å²) < 4.78 is 0. The van der Waals surface area contributed by atoms with Crippen molar-refractivity contribution in [3.8, 4) is 0 Å². The van der Waals surface area contributed by atoms with Gasteiger partial charge in [-0.3, -0.25) is 24.7 Å². The molecule has 0 aromatic carbocycles. The van der Waals surface area contributed by atoms with Gasteiger partial charge in [0.05, 0.1) is 11.3 Å². The monoisotopic (exact) mass is 360 g/mol. The van der Waals surface area contributed by atoms with Crippen LogP contribution in [-0.4, -0.2) is 58.5 Å². The molecule has 2 aliphatic rings. The zero-order valence-corrected chi connectivity index (χ0v) is 15.4. The van der Waals surface area contributed by atoms with Crippen molar-refractivity contribution in [3.63, 3.8) is 0 Å². The summed E-state index contributed by atoms with van der Waals surface area (Å²) in [5.41, 5.74) is 4.03. The van der Waals surface area contributed by atoms with Gasteiger partial charge < -0.3 is 4.90 Å². The third-order valence-corrected chi connectivity index (χ3v) is 5.58. The molecule has 0 radical (unpaired) electrons. The normalized spacial score (nSPS) is 18.2. The highest BCUT2D eigenvalue weighted by Gasteiger charge is 2.25. The highest BCUT2D eigenvalue weighted by atomic mass is 16.5. The maximum absolute atomic E-state index is 12.5. The molecule has 2 amide bonds. The molecule has 1 aliphatic heterocycles. The summed E-state index contributed by atoms with van der Waals surface area (Å²) in [5.74, 6) is -0.0286. The molecule has 1 saturated carbocycles. The van der Waals surface area contributed by atoms with Crippen molar-refractivity contribution in [2.24, 2.45) is 5.92 Å². The number of nitrogens with zero attached hydrogens (tertiary/aromatic N) is 3. The molecule has 142 valence electrons. The molecule has 1 fully saturated rings. The number of aromatic nitrogens is 1. The summed E-state index contributed by atoms with van der Waals surface area (Å²) >= 11 is 0. The lowest BCUT2D eigenvalue weighted by atomic mass is 9.88. The van der Waals surface area contributed by atoms with Crippen LogP contribution in [0.3, 0.4) is 0 Å². The number of amides is 2. The fraction of sp³-hybridized carbons (Fsp3) is 0.632. The number of carbonyl (C=O) groups excluding carboxylic acids is 2. The molecule has 1 aliphatic carbocycles. The van der Waals surface area contributed by atoms with Crippen LogP contribution in [0.4, 0.5) is 0 Å². The second kappa shape index (κ2) is 8.60. The van der Waals surface area contributed by atoms with E-state index in [9.17, 15) is 9.59 Å². The van der Waals surface area contributed by atoms with Gasteiger partial charge in [-0.15, -0.1) is 0 Å². The van der Waals surface area contributed by atoms with Crippen molar-refractivity contribution >= 4 is 11.8 Å². The van der Waals surface area contributed by atoms with E-state index < -0.39 is 5.91 Å². The summed E-state index contributed by atoms with van der Waals surface area (Å²) in [6, 6.07) is 1.80. The number of hydroxylamine groups is 1. The van der Waals surface area contributed by atoms with Crippen molar-refractivity contribution in [2.45, 2.75) is 45.1 Å². The summed E-state index contributed by atoms with van der Waals surface area (Å²) in [7, 11) is 1.91. The second-order valence-electron chi connectivity index (χ2n) is 7.39. The molecule has 0 unspecified atom stereocenters. The van der Waals surface area contributed by atoms with Crippen LogP contribution >= 0.6 is 0 Å². The van der Waals surface area contributed by atoms with Gasteiger partial charge in [0.1, 0.15) is 0 Å². The number of hydrogen-bond donors (Lipinski definition) is 2. The van der Waals surface area contributed by atoms with E-state index in [1.165, 1.54) is 25.5 Å². The van der Waals surface area contributed by atoms with Gasteiger partial charge in [0.2, 0.25) is 5.91 Å². The smallest absolute Gasteiger partial charge is 0.276 e. The van der Waals surface area contributed by atoms with Crippen LogP contribution in [0.25, 0.3) is 0 Å². The zero-order chi connectivity index (χ0) is 18.5. The van der Waals surface area contributed by atoms with Crippen LogP contribution in [0.2, 0.25) is 0 Å². The molecule has 26 heavy (non-hydrogen) atoms. The minimum atomic E-state index is -0.537. The first kappa shape index (κ1) is 18.8. The van der Waals surface area contributed by atoms with Crippen molar-refractivity contribution in [2.75, 3.05) is 26.7 Å². The lowest BCUT2D eigenvalue weighted by Gasteiger charge is -2.31. The van der Waals surface area contributed by atoms with Crippen molar-refractivity contribution in [1.29, 1.82) is 0 Å². The molecule has 7 heteroatoms. The average Bonchev–Trinajstić information content (AvgIpc) is 2.70. The zero-order valence-electron chi connectivity index (χ0n) is 15.4. The lowest BCUT2D eigenvalue weighted by Crippen LogP contribution is -2.41. The standard InChI is InChI=1S/C19H28N4O3/c1-22(19(25)14-5-3-2-4-6-14)9-10-23-8-7-15-11-16(18(24)21-26)12-20-17(15)13-23/h11-12,14,26H,2-10,13H2,1H3,(H,21,24). The van der Waals surface area contributed by atoms with Gasteiger partial charge in [-0.05, 0) is 30.9 Å². The van der Waals surface area contributed by atoms with Crippen molar-refractivity contribution in [1.82, 2.24) is 20.3 Å². The highest BCUT2D eigenvalue weighted by Crippen LogP contribution is 2.25. The van der Waals surface area contributed by atoms with Crippen LogP contribution in [0.5, 0.6) is 0 Å². The van der Waals surface area contributed by atoms with Crippen molar-refractivity contribution < 1.29 is 14.8 Å². The number of pyridine rings is 1.